The first kappa shape index (κ1) is 26.9. The molecule has 4 atom stereocenters. The van der Waals surface area contributed by atoms with Gasteiger partial charge >= 0.3 is 0 Å². The van der Waals surface area contributed by atoms with E-state index in [1.807, 2.05) is 37.3 Å². The number of carbonyl (C=O) groups is 2. The van der Waals surface area contributed by atoms with Gasteiger partial charge in [-0.3, -0.25) is 14.5 Å². The summed E-state index contributed by atoms with van der Waals surface area (Å²) in [6.45, 7) is 5.19. The Kier molecular flexibility index (Phi) is 8.20. The Labute approximate surface area is 233 Å². The second-order valence-electron chi connectivity index (χ2n) is 10.7. The van der Waals surface area contributed by atoms with Crippen LogP contribution >= 0.6 is 15.9 Å². The summed E-state index contributed by atoms with van der Waals surface area (Å²) in [7, 11) is 0. The predicted molar refractivity (Wildman–Crippen MR) is 153 cm³/mol. The van der Waals surface area contributed by atoms with Crippen molar-refractivity contribution in [2.45, 2.75) is 58.5 Å². The number of imide groups is 1. The fraction of sp³-hybridized carbons (Fsp3) is 0.438. The number of likely N-dealkylation sites (tertiary alicyclic amines) is 1. The van der Waals surface area contributed by atoms with Crippen LogP contribution in [0.4, 0.5) is 0 Å². The number of fused-ring (bicyclic) bond motifs is 3. The molecule has 2 amide bonds. The molecular formula is C32H36BrNO4. The van der Waals surface area contributed by atoms with Gasteiger partial charge in [-0.15, -0.1) is 0 Å². The van der Waals surface area contributed by atoms with E-state index >= 15 is 0 Å². The van der Waals surface area contributed by atoms with Crippen molar-refractivity contribution in [1.29, 1.82) is 0 Å². The molecule has 2 heterocycles. The van der Waals surface area contributed by atoms with Crippen LogP contribution in [0.15, 0.2) is 64.1 Å². The molecule has 2 aromatic carbocycles. The average Bonchev–Trinajstić information content (AvgIpc) is 3.44. The van der Waals surface area contributed by atoms with Crippen LogP contribution in [0, 0.1) is 17.8 Å². The van der Waals surface area contributed by atoms with E-state index in [9.17, 15) is 14.7 Å². The van der Waals surface area contributed by atoms with Crippen LogP contribution in [0.2, 0.25) is 0 Å². The Morgan fingerprint density at radius 2 is 1.87 bits per heavy atom. The molecule has 3 aliphatic rings. The van der Waals surface area contributed by atoms with E-state index in [0.717, 1.165) is 53.3 Å². The second-order valence-corrected chi connectivity index (χ2v) is 11.6. The maximum atomic E-state index is 13.4. The maximum absolute atomic E-state index is 13.4. The minimum absolute atomic E-state index is 0.000788. The van der Waals surface area contributed by atoms with Crippen LogP contribution in [0.25, 0.3) is 11.6 Å². The lowest BCUT2D eigenvalue weighted by molar-refractivity contribution is -0.140. The third kappa shape index (κ3) is 5.13. The maximum Gasteiger partial charge on any atom is 0.233 e. The molecule has 2 aromatic rings. The summed E-state index contributed by atoms with van der Waals surface area (Å²) in [6.07, 6.45) is 6.96. The quantitative estimate of drug-likeness (QED) is 0.198. The van der Waals surface area contributed by atoms with Crippen LogP contribution in [0.5, 0.6) is 5.75 Å². The lowest BCUT2D eigenvalue weighted by Gasteiger charge is -2.32. The number of phenols is 1. The van der Waals surface area contributed by atoms with Gasteiger partial charge in [0.15, 0.2) is 0 Å². The summed E-state index contributed by atoms with van der Waals surface area (Å²) in [5.74, 6) is -0.258. The minimum atomic E-state index is -0.280. The number of halogens is 1. The molecule has 2 saturated heterocycles. The molecule has 2 fully saturated rings. The molecule has 0 unspecified atom stereocenters. The Balaban J connectivity index is 1.43. The Bertz CT molecular complexity index is 1270. The van der Waals surface area contributed by atoms with Crippen LogP contribution in [0.3, 0.4) is 0 Å². The van der Waals surface area contributed by atoms with Gasteiger partial charge in [0.2, 0.25) is 11.8 Å². The van der Waals surface area contributed by atoms with Gasteiger partial charge in [-0.25, -0.2) is 0 Å². The highest BCUT2D eigenvalue weighted by Crippen LogP contribution is 2.51. The van der Waals surface area contributed by atoms with Gasteiger partial charge in [-0.05, 0) is 73.1 Å². The normalized spacial score (nSPS) is 25.2. The largest absolute Gasteiger partial charge is 0.507 e. The number of aromatic hydroxyl groups is 1. The van der Waals surface area contributed by atoms with E-state index in [1.165, 1.54) is 16.0 Å². The molecule has 0 saturated carbocycles. The van der Waals surface area contributed by atoms with E-state index in [0.29, 0.717) is 19.6 Å². The first-order chi connectivity index (χ1) is 18.4. The summed E-state index contributed by atoms with van der Waals surface area (Å²) in [6, 6.07) is 15.7. The van der Waals surface area contributed by atoms with E-state index in [1.54, 1.807) is 6.07 Å². The molecule has 0 radical (unpaired) electrons. The fourth-order valence-corrected chi connectivity index (χ4v) is 6.97. The Morgan fingerprint density at radius 3 is 2.61 bits per heavy atom. The van der Waals surface area contributed by atoms with Crippen molar-refractivity contribution < 1.29 is 19.4 Å². The molecule has 1 aliphatic carbocycles. The highest BCUT2D eigenvalue weighted by Gasteiger charge is 2.56. The summed E-state index contributed by atoms with van der Waals surface area (Å²) >= 11 is 3.52. The monoisotopic (exact) mass is 577 g/mol. The third-order valence-corrected chi connectivity index (χ3v) is 8.73. The molecule has 2 aliphatic heterocycles. The first-order valence-electron chi connectivity index (χ1n) is 13.9. The van der Waals surface area contributed by atoms with Crippen molar-refractivity contribution in [2.24, 2.45) is 17.8 Å². The first-order valence-corrected chi connectivity index (χ1v) is 14.6. The standard InChI is InChI=1S/C32H36BrNO4/c1-3-8-22-18-25-30(32(37)34(15-4-2)31(25)36)26-19-38-28(29(22)26)14-11-21(20-9-6-5-7-10-20)16-23-17-24(33)12-13-27(23)35/h5-7,9-10,12-13,16-17,25-26,28,30,35H,3-4,8,11,14-15,18-19H2,1-2H3/b21-16-/t25-,26+,28-,30-/m1/s1. The van der Waals surface area contributed by atoms with Gasteiger partial charge in [0.05, 0.1) is 24.5 Å². The number of hydrogen-bond donors (Lipinski definition) is 1. The van der Waals surface area contributed by atoms with Crippen LogP contribution < -0.4 is 0 Å². The number of hydrogen-bond acceptors (Lipinski definition) is 4. The SMILES string of the molecule is CCCC1=C2[C@@H](CC/C(=C/c3cc(Br)ccc3O)c3ccccc3)OC[C@@H]2[C@@H]2C(=O)N(CCC)C(=O)[C@@H]2C1. The van der Waals surface area contributed by atoms with Crippen molar-refractivity contribution in [3.63, 3.8) is 0 Å². The highest BCUT2D eigenvalue weighted by atomic mass is 79.9. The number of benzene rings is 2. The lowest BCUT2D eigenvalue weighted by atomic mass is 9.68. The third-order valence-electron chi connectivity index (χ3n) is 8.24. The zero-order valence-electron chi connectivity index (χ0n) is 22.2. The van der Waals surface area contributed by atoms with Gasteiger partial charge in [0, 0.05) is 22.5 Å². The van der Waals surface area contributed by atoms with Crippen molar-refractivity contribution in [1.82, 2.24) is 4.90 Å². The number of carbonyl (C=O) groups excluding carboxylic acids is 2. The van der Waals surface area contributed by atoms with Crippen molar-refractivity contribution in [3.8, 4) is 5.75 Å². The molecule has 0 bridgehead atoms. The molecule has 0 spiro atoms. The van der Waals surface area contributed by atoms with E-state index in [2.05, 4.69) is 41.1 Å². The fourth-order valence-electron chi connectivity index (χ4n) is 6.59. The second kappa shape index (κ2) is 11.6. The van der Waals surface area contributed by atoms with Gasteiger partial charge in [0.1, 0.15) is 5.75 Å². The number of amides is 2. The molecule has 1 N–H and O–H groups in total. The number of allylic oxidation sites excluding steroid dienone is 2. The smallest absolute Gasteiger partial charge is 0.233 e. The number of rotatable bonds is 9. The van der Waals surface area contributed by atoms with E-state index < -0.39 is 0 Å². The van der Waals surface area contributed by atoms with Crippen LogP contribution in [-0.2, 0) is 14.3 Å². The van der Waals surface area contributed by atoms with Gasteiger partial charge in [-0.1, -0.05) is 72.1 Å². The lowest BCUT2D eigenvalue weighted by Crippen LogP contribution is -2.34. The number of nitrogens with zero attached hydrogens (tertiary/aromatic N) is 1. The molecule has 200 valence electrons. The van der Waals surface area contributed by atoms with E-state index in [4.69, 9.17) is 4.74 Å². The Morgan fingerprint density at radius 1 is 1.08 bits per heavy atom. The van der Waals surface area contributed by atoms with Crippen LogP contribution in [-0.4, -0.2) is 41.1 Å². The summed E-state index contributed by atoms with van der Waals surface area (Å²) in [5, 5.41) is 10.5. The summed E-state index contributed by atoms with van der Waals surface area (Å²) in [4.78, 5) is 28.0. The van der Waals surface area contributed by atoms with Crippen LogP contribution in [0.1, 0.15) is 63.5 Å². The number of phenolic OH excluding ortho intramolecular Hbond substituents is 1. The van der Waals surface area contributed by atoms with Gasteiger partial charge in [0.25, 0.3) is 0 Å². The molecular weight excluding hydrogens is 542 g/mol. The number of ether oxygens (including phenoxy) is 1. The molecule has 6 heteroatoms. The van der Waals surface area contributed by atoms with Crippen molar-refractivity contribution in [3.05, 3.63) is 75.3 Å². The zero-order chi connectivity index (χ0) is 26.8. The molecule has 5 rings (SSSR count). The van der Waals surface area contributed by atoms with Gasteiger partial charge in [-0.2, -0.15) is 0 Å². The van der Waals surface area contributed by atoms with Crippen molar-refractivity contribution >= 4 is 39.4 Å². The topological polar surface area (TPSA) is 66.8 Å². The zero-order valence-corrected chi connectivity index (χ0v) is 23.7. The van der Waals surface area contributed by atoms with Gasteiger partial charge < -0.3 is 9.84 Å². The Hall–Kier alpha value is -2.70. The molecule has 38 heavy (non-hydrogen) atoms. The average molecular weight is 579 g/mol. The summed E-state index contributed by atoms with van der Waals surface area (Å²) in [5.41, 5.74) is 5.61. The minimum Gasteiger partial charge on any atom is -0.507 e. The van der Waals surface area contributed by atoms with Crippen molar-refractivity contribution in [2.75, 3.05) is 13.2 Å². The summed E-state index contributed by atoms with van der Waals surface area (Å²) < 4.78 is 7.33. The highest BCUT2D eigenvalue weighted by molar-refractivity contribution is 9.10. The molecule has 0 aromatic heterocycles. The molecule has 5 nitrogen and oxygen atoms in total. The van der Waals surface area contributed by atoms with E-state index in [-0.39, 0.29) is 41.4 Å². The predicted octanol–water partition coefficient (Wildman–Crippen LogP) is 7.00.